The molecule has 0 amide bonds. The number of morpholine rings is 2. The second kappa shape index (κ2) is 32.9. The largest absolute Gasteiger partial charge is 0.495 e. The summed E-state index contributed by atoms with van der Waals surface area (Å²) in [7, 11) is -0.987. The third-order valence-corrected chi connectivity index (χ3v) is 20.6. The Labute approximate surface area is 579 Å². The quantitative estimate of drug-likeness (QED) is 0.0460. The number of rotatable bonds is 18. The van der Waals surface area contributed by atoms with Crippen molar-refractivity contribution in [2.45, 2.75) is 71.9 Å². The van der Waals surface area contributed by atoms with Crippen molar-refractivity contribution in [1.29, 1.82) is 0 Å². The summed E-state index contributed by atoms with van der Waals surface area (Å²) < 4.78 is 96.5. The molecule has 6 aromatic rings. The van der Waals surface area contributed by atoms with E-state index in [1.54, 1.807) is 38.5 Å². The first-order valence-electron chi connectivity index (χ1n) is 31.7. The number of hydrogen-bond acceptors (Lipinski definition) is 24. The maximum Gasteiger partial charge on any atom is 0.232 e. The van der Waals surface area contributed by atoms with Crippen molar-refractivity contribution in [2.24, 2.45) is 0 Å². The molecule has 8 heterocycles. The van der Waals surface area contributed by atoms with E-state index in [1.165, 1.54) is 61.8 Å². The van der Waals surface area contributed by atoms with Crippen LogP contribution in [0.1, 0.15) is 58.1 Å². The molecular formula is C65H89Cl3N14O12S2. The number of anilines is 11. The summed E-state index contributed by atoms with van der Waals surface area (Å²) in [5, 5.41) is 9.95. The lowest BCUT2D eigenvalue weighted by Gasteiger charge is -2.41. The van der Waals surface area contributed by atoms with Crippen LogP contribution in [0.2, 0.25) is 15.3 Å². The van der Waals surface area contributed by atoms with Gasteiger partial charge in [0, 0.05) is 102 Å². The lowest BCUT2D eigenvalue weighted by molar-refractivity contribution is 0.0115. The third kappa shape index (κ3) is 17.6. The summed E-state index contributed by atoms with van der Waals surface area (Å²) in [5.74, 6) is 3.80. The fourth-order valence-electron chi connectivity index (χ4n) is 12.4. The van der Waals surface area contributed by atoms with E-state index in [4.69, 9.17) is 78.4 Å². The summed E-state index contributed by atoms with van der Waals surface area (Å²) in [5.41, 5.74) is 13.9. The SMILES string of the molecule is C.CCc1cc(N)c(OC)cc1N1CCC(N2CCOCC2)CC1.CCc1cc(Nc2ncc(Cl)c(Nc3ccc4c(c3N(C)S(C)(=O)=O)OCCO4)n2)c(OC)cc1N1CCC(N2CCOCC2)CC1.CN(c1c(Nc2nc(Cl)ncc2Cl)ccc2c1OCCO2)S(C)(=O)=O. The van der Waals surface area contributed by atoms with Gasteiger partial charge in [-0.15, -0.1) is 0 Å². The molecule has 26 nitrogen and oxygen atoms in total. The van der Waals surface area contributed by atoms with Crippen LogP contribution in [0.25, 0.3) is 0 Å². The molecule has 0 bridgehead atoms. The van der Waals surface area contributed by atoms with Crippen molar-refractivity contribution >= 4 is 118 Å². The number of methoxy groups -OCH3 is 2. The predicted octanol–water partition coefficient (Wildman–Crippen LogP) is 10.1. The highest BCUT2D eigenvalue weighted by molar-refractivity contribution is 7.92. The van der Waals surface area contributed by atoms with Gasteiger partial charge in [-0.25, -0.2) is 26.8 Å². The van der Waals surface area contributed by atoms with Gasteiger partial charge in [0.25, 0.3) is 0 Å². The monoisotopic (exact) mass is 1430 g/mol. The van der Waals surface area contributed by atoms with Crippen LogP contribution in [-0.4, -0.2) is 205 Å². The average Bonchev–Trinajstić information content (AvgIpc) is 0.789. The van der Waals surface area contributed by atoms with Crippen molar-refractivity contribution in [3.63, 3.8) is 0 Å². The second-order valence-corrected chi connectivity index (χ2v) is 28.6. The second-order valence-electron chi connectivity index (χ2n) is 23.4. The summed E-state index contributed by atoms with van der Waals surface area (Å²) in [6.07, 6.45) is 11.5. The first-order chi connectivity index (χ1) is 45.6. The predicted molar refractivity (Wildman–Crippen MR) is 381 cm³/mol. The van der Waals surface area contributed by atoms with Crippen LogP contribution in [0.5, 0.6) is 34.5 Å². The molecule has 4 saturated heterocycles. The Balaban J connectivity index is 0.000000186. The van der Waals surface area contributed by atoms with Gasteiger partial charge in [-0.1, -0.05) is 44.5 Å². The van der Waals surface area contributed by atoms with E-state index < -0.39 is 20.0 Å². The van der Waals surface area contributed by atoms with Gasteiger partial charge in [0.1, 0.15) is 59.3 Å². The molecule has 6 aliphatic heterocycles. The van der Waals surface area contributed by atoms with Gasteiger partial charge < -0.3 is 69.4 Å². The molecule has 0 radical (unpaired) electrons. The number of ether oxygens (including phenoxy) is 8. The van der Waals surface area contributed by atoms with Gasteiger partial charge in [0.05, 0.1) is 88.3 Å². The standard InChI is InChI=1S/C32H42ClN7O6S.C18H29N3O2.C14H14Cl2N4O4S.CH4/c1-5-21-18-25(28(43-3)19-26(21)40-10-8-22(9-11-40)39-12-14-44-15-13-39)36-32-34-20-23(33)31(37-32)35-24-6-7-27-30(46-17-16-45-27)29(24)38(2)47(4,41)42;1-3-14-12-16(19)18(22-2)13-17(14)21-6-4-15(5-7-21)20-8-10-23-11-9-20;1-20(25(2,21)22)11-9(3-4-10-12(11)24-6-5-23-10)18-13-8(15)7-17-14(16)19-13;/h6-7,18-20,22H,5,8-17H2,1-4H3,(H2,34,35,36,37);12-13,15H,3-11,19H2,1-2H3;3-4,7H,5-6H2,1-2H3,(H,17,18,19);1H4. The molecule has 0 spiro atoms. The highest BCUT2D eigenvalue weighted by Gasteiger charge is 2.32. The number of hydrogen-bond donors (Lipinski definition) is 4. The van der Waals surface area contributed by atoms with Crippen LogP contribution in [0, 0.1) is 0 Å². The normalized spacial score (nSPS) is 16.9. The maximum absolute atomic E-state index is 12.6. The summed E-state index contributed by atoms with van der Waals surface area (Å²) >= 11 is 18.4. The van der Waals surface area contributed by atoms with Crippen molar-refractivity contribution in [3.8, 4) is 34.5 Å². The Morgan fingerprint density at radius 2 is 0.990 bits per heavy atom. The molecular weight excluding hydrogens is 1340 g/mol. The number of fused-ring (bicyclic) bond motifs is 2. The smallest absolute Gasteiger partial charge is 0.232 e. The van der Waals surface area contributed by atoms with Crippen molar-refractivity contribution in [3.05, 3.63) is 87.4 Å². The number of benzene rings is 4. The minimum Gasteiger partial charge on any atom is -0.495 e. The molecule has 0 unspecified atom stereocenters. The van der Waals surface area contributed by atoms with E-state index in [0.717, 1.165) is 143 Å². The van der Waals surface area contributed by atoms with Gasteiger partial charge in [0.15, 0.2) is 34.6 Å². The molecule has 31 heteroatoms. The molecule has 0 atom stereocenters. The number of nitrogens with zero attached hydrogens (tertiary/aromatic N) is 10. The molecule has 524 valence electrons. The molecule has 4 aromatic carbocycles. The van der Waals surface area contributed by atoms with Crippen LogP contribution in [-0.2, 0) is 42.4 Å². The van der Waals surface area contributed by atoms with Gasteiger partial charge in [0.2, 0.25) is 31.3 Å². The Bertz CT molecular complexity index is 3880. The highest BCUT2D eigenvalue weighted by atomic mass is 35.5. The van der Waals surface area contributed by atoms with Crippen LogP contribution >= 0.6 is 34.8 Å². The van der Waals surface area contributed by atoms with E-state index in [0.29, 0.717) is 72.0 Å². The van der Waals surface area contributed by atoms with Gasteiger partial charge >= 0.3 is 0 Å². The zero-order valence-electron chi connectivity index (χ0n) is 54.9. The highest BCUT2D eigenvalue weighted by Crippen LogP contribution is 2.48. The van der Waals surface area contributed by atoms with E-state index in [2.05, 4.69) is 93.6 Å². The molecule has 5 N–H and O–H groups in total. The van der Waals surface area contributed by atoms with Gasteiger partial charge in [-0.05, 0) is 97.7 Å². The molecule has 96 heavy (non-hydrogen) atoms. The number of aromatic nitrogens is 4. The number of aryl methyl sites for hydroxylation is 2. The Morgan fingerprint density at radius 3 is 1.44 bits per heavy atom. The number of nitrogens with one attached hydrogen (secondary N) is 3. The topological polar surface area (TPSA) is 275 Å². The Kier molecular flexibility index (Phi) is 25.1. The molecule has 2 aromatic heterocycles. The molecule has 4 fully saturated rings. The Morgan fingerprint density at radius 1 is 0.562 bits per heavy atom. The first-order valence-corrected chi connectivity index (χ1v) is 36.5. The summed E-state index contributed by atoms with van der Waals surface area (Å²) in [4.78, 5) is 27.0. The van der Waals surface area contributed by atoms with Gasteiger partial charge in [-0.3, -0.25) is 18.4 Å². The number of nitrogen functional groups attached to an aromatic ring is 1. The summed E-state index contributed by atoms with van der Waals surface area (Å²) in [6, 6.07) is 16.4. The molecule has 12 rings (SSSR count). The molecule has 6 aliphatic rings. The number of nitrogens with two attached hydrogens (primary N) is 1. The fraction of sp³-hybridized carbons (Fsp3) is 0.508. The van der Waals surface area contributed by atoms with Crippen LogP contribution in [0.15, 0.2) is 60.9 Å². The first kappa shape index (κ1) is 73.1. The average molecular weight is 1430 g/mol. The van der Waals surface area contributed by atoms with Crippen molar-refractivity contribution < 1.29 is 54.7 Å². The van der Waals surface area contributed by atoms with Crippen molar-refractivity contribution in [1.82, 2.24) is 29.7 Å². The van der Waals surface area contributed by atoms with E-state index >= 15 is 0 Å². The minimum absolute atomic E-state index is 0. The van der Waals surface area contributed by atoms with Gasteiger partial charge in [-0.2, -0.15) is 9.97 Å². The third-order valence-electron chi connectivity index (χ3n) is 17.5. The number of halogens is 3. The lowest BCUT2D eigenvalue weighted by Crippen LogP contribution is -2.49. The van der Waals surface area contributed by atoms with E-state index in [1.807, 2.05) is 0 Å². The number of piperidine rings is 2. The van der Waals surface area contributed by atoms with Crippen molar-refractivity contribution in [2.75, 3.05) is 186 Å². The van der Waals surface area contributed by atoms with Crippen LogP contribution in [0.3, 0.4) is 0 Å². The molecule has 0 aliphatic carbocycles. The maximum atomic E-state index is 12.6. The summed E-state index contributed by atoms with van der Waals surface area (Å²) in [6.45, 7) is 17.4. The lowest BCUT2D eigenvalue weighted by atomic mass is 10.00. The van der Waals surface area contributed by atoms with Crippen LogP contribution < -0.4 is 68.5 Å². The van der Waals surface area contributed by atoms with Crippen LogP contribution in [0.4, 0.5) is 63.1 Å². The number of sulfonamides is 2. The Hall–Kier alpha value is -7.15. The minimum atomic E-state index is -3.64. The van der Waals surface area contributed by atoms with E-state index in [9.17, 15) is 16.8 Å². The molecule has 0 saturated carbocycles. The fourth-order valence-corrected chi connectivity index (χ4v) is 13.8. The zero-order chi connectivity index (χ0) is 67.6. The zero-order valence-corrected chi connectivity index (χ0v) is 58.8. The van der Waals surface area contributed by atoms with E-state index in [-0.39, 0.29) is 58.3 Å².